The van der Waals surface area contributed by atoms with E-state index in [-0.39, 0.29) is 17.1 Å². The highest BCUT2D eigenvalue weighted by Gasteiger charge is 2.26. The molecule has 0 fully saturated rings. The molecule has 0 saturated heterocycles. The number of benzene rings is 1. The van der Waals surface area contributed by atoms with Crippen molar-refractivity contribution in [1.82, 2.24) is 9.97 Å². The van der Waals surface area contributed by atoms with E-state index < -0.39 is 17.9 Å². The molecule has 0 aliphatic heterocycles. The molecule has 1 aromatic heterocycles. The average Bonchev–Trinajstić information content (AvgIpc) is 2.66. The third-order valence-electron chi connectivity index (χ3n) is 3.85. The zero-order chi connectivity index (χ0) is 21.6. The summed E-state index contributed by atoms with van der Waals surface area (Å²) in [6.45, 7) is 5.94. The van der Waals surface area contributed by atoms with Crippen LogP contribution in [0.2, 0.25) is 0 Å². The van der Waals surface area contributed by atoms with Crippen LogP contribution >= 0.6 is 0 Å². The first-order valence-electron chi connectivity index (χ1n) is 8.89. The SMILES string of the molecule is COC(=O)C(C=Nc1ncnc2ccc(NC(=O)CC(C)(C)C)cc12)C(=O)OC. The fourth-order valence-electron chi connectivity index (χ4n) is 2.53. The lowest BCUT2D eigenvalue weighted by atomic mass is 9.92. The van der Waals surface area contributed by atoms with Crippen LogP contribution in [0.5, 0.6) is 0 Å². The monoisotopic (exact) mass is 400 g/mol. The molecule has 1 N–H and O–H groups in total. The number of nitrogens with zero attached hydrogens (tertiary/aromatic N) is 3. The molecule has 29 heavy (non-hydrogen) atoms. The molecule has 9 heteroatoms. The van der Waals surface area contributed by atoms with E-state index in [1.54, 1.807) is 18.2 Å². The van der Waals surface area contributed by atoms with Gasteiger partial charge in [-0.2, -0.15) is 0 Å². The van der Waals surface area contributed by atoms with Crippen LogP contribution in [-0.2, 0) is 23.9 Å². The van der Waals surface area contributed by atoms with Gasteiger partial charge in [-0.3, -0.25) is 14.4 Å². The summed E-state index contributed by atoms with van der Waals surface area (Å²) in [5.41, 5.74) is 1.01. The van der Waals surface area contributed by atoms with Crippen LogP contribution in [0.15, 0.2) is 29.5 Å². The van der Waals surface area contributed by atoms with Crippen LogP contribution in [0, 0.1) is 11.3 Å². The lowest BCUT2D eigenvalue weighted by Gasteiger charge is -2.17. The van der Waals surface area contributed by atoms with Gasteiger partial charge >= 0.3 is 11.9 Å². The fraction of sp³-hybridized carbons (Fsp3) is 0.400. The highest BCUT2D eigenvalue weighted by atomic mass is 16.5. The third-order valence-corrected chi connectivity index (χ3v) is 3.85. The normalized spacial score (nSPS) is 11.7. The van der Waals surface area contributed by atoms with Crippen molar-refractivity contribution in [3.8, 4) is 0 Å². The third kappa shape index (κ3) is 6.06. The molecule has 2 aromatic rings. The van der Waals surface area contributed by atoms with E-state index in [1.165, 1.54) is 20.5 Å². The molecule has 1 aromatic carbocycles. The van der Waals surface area contributed by atoms with Crippen LogP contribution < -0.4 is 5.32 Å². The number of amides is 1. The van der Waals surface area contributed by atoms with Crippen LogP contribution in [0.3, 0.4) is 0 Å². The second-order valence-corrected chi connectivity index (χ2v) is 7.52. The topological polar surface area (TPSA) is 120 Å². The number of hydrogen-bond acceptors (Lipinski definition) is 8. The van der Waals surface area contributed by atoms with Crippen molar-refractivity contribution in [2.24, 2.45) is 16.3 Å². The number of esters is 2. The summed E-state index contributed by atoms with van der Waals surface area (Å²) in [6, 6.07) is 5.14. The average molecular weight is 400 g/mol. The molecule has 0 saturated carbocycles. The minimum absolute atomic E-state index is 0.116. The van der Waals surface area contributed by atoms with Crippen molar-refractivity contribution in [3.63, 3.8) is 0 Å². The molecule has 154 valence electrons. The van der Waals surface area contributed by atoms with Crippen molar-refractivity contribution in [2.75, 3.05) is 19.5 Å². The minimum atomic E-state index is -1.32. The second-order valence-electron chi connectivity index (χ2n) is 7.52. The summed E-state index contributed by atoms with van der Waals surface area (Å²) in [4.78, 5) is 48.2. The largest absolute Gasteiger partial charge is 0.468 e. The Balaban J connectivity index is 2.35. The van der Waals surface area contributed by atoms with E-state index in [0.29, 0.717) is 23.0 Å². The predicted molar refractivity (Wildman–Crippen MR) is 108 cm³/mol. The first kappa shape index (κ1) is 21.9. The van der Waals surface area contributed by atoms with Gasteiger partial charge in [0.25, 0.3) is 0 Å². The van der Waals surface area contributed by atoms with Gasteiger partial charge in [-0.15, -0.1) is 0 Å². The molecule has 0 aliphatic carbocycles. The van der Waals surface area contributed by atoms with Crippen molar-refractivity contribution >= 4 is 46.5 Å². The smallest absolute Gasteiger partial charge is 0.325 e. The van der Waals surface area contributed by atoms with Gasteiger partial charge < -0.3 is 14.8 Å². The number of aromatic nitrogens is 2. The number of carbonyl (C=O) groups is 3. The molecule has 1 amide bonds. The van der Waals surface area contributed by atoms with Gasteiger partial charge in [0.15, 0.2) is 11.7 Å². The first-order chi connectivity index (χ1) is 13.6. The Labute approximate surface area is 168 Å². The maximum absolute atomic E-state index is 12.2. The van der Waals surface area contributed by atoms with E-state index in [2.05, 4.69) is 29.8 Å². The predicted octanol–water partition coefficient (Wildman–Crippen LogP) is 2.67. The summed E-state index contributed by atoms with van der Waals surface area (Å²) in [5.74, 6) is -2.79. The number of hydrogen-bond donors (Lipinski definition) is 1. The van der Waals surface area contributed by atoms with Gasteiger partial charge in [-0.25, -0.2) is 15.0 Å². The molecular formula is C20H24N4O5. The van der Waals surface area contributed by atoms with Crippen LogP contribution in [0.25, 0.3) is 10.9 Å². The van der Waals surface area contributed by atoms with E-state index in [0.717, 1.165) is 6.21 Å². The van der Waals surface area contributed by atoms with E-state index >= 15 is 0 Å². The number of ether oxygens (including phenoxy) is 2. The molecule has 1 heterocycles. The second kappa shape index (κ2) is 9.22. The summed E-state index contributed by atoms with van der Waals surface area (Å²) >= 11 is 0. The number of nitrogens with one attached hydrogen (secondary N) is 1. The van der Waals surface area contributed by atoms with E-state index in [9.17, 15) is 14.4 Å². The summed E-state index contributed by atoms with van der Waals surface area (Å²) in [5, 5.41) is 3.39. The molecule has 0 bridgehead atoms. The van der Waals surface area contributed by atoms with Gasteiger partial charge in [0, 0.05) is 23.7 Å². The number of anilines is 1. The molecule has 2 rings (SSSR count). The Kier molecular flexibility index (Phi) is 6.98. The standard InChI is InChI=1S/C20H24N4O5/c1-20(2,3)9-16(25)24-12-6-7-15-13(8-12)17(23-11-22-15)21-10-14(18(26)28-4)19(27)29-5/h6-8,10-11,14H,9H2,1-5H3,(H,24,25). The van der Waals surface area contributed by atoms with Gasteiger partial charge in [0.05, 0.1) is 19.7 Å². The van der Waals surface area contributed by atoms with Gasteiger partial charge in [0.1, 0.15) is 6.33 Å². The Morgan fingerprint density at radius 2 is 1.79 bits per heavy atom. The summed E-state index contributed by atoms with van der Waals surface area (Å²) in [7, 11) is 2.33. The number of aliphatic imine (C=N–C) groups is 1. The zero-order valence-corrected chi connectivity index (χ0v) is 17.1. The fourth-order valence-corrected chi connectivity index (χ4v) is 2.53. The highest BCUT2D eigenvalue weighted by Crippen LogP contribution is 2.26. The van der Waals surface area contributed by atoms with Crippen LogP contribution in [0.4, 0.5) is 11.5 Å². The Hall–Kier alpha value is -3.36. The molecule has 0 atom stereocenters. The molecule has 0 radical (unpaired) electrons. The lowest BCUT2D eigenvalue weighted by Crippen LogP contribution is -2.27. The van der Waals surface area contributed by atoms with Crippen molar-refractivity contribution in [1.29, 1.82) is 0 Å². The molecule has 0 spiro atoms. The van der Waals surface area contributed by atoms with Gasteiger partial charge in [0.2, 0.25) is 5.91 Å². The molecular weight excluding hydrogens is 376 g/mol. The van der Waals surface area contributed by atoms with E-state index in [4.69, 9.17) is 0 Å². The number of rotatable bonds is 6. The maximum atomic E-state index is 12.2. The number of carbonyl (C=O) groups excluding carboxylic acids is 3. The maximum Gasteiger partial charge on any atom is 0.325 e. The molecule has 0 unspecified atom stereocenters. The van der Waals surface area contributed by atoms with Crippen molar-refractivity contribution < 1.29 is 23.9 Å². The number of fused-ring (bicyclic) bond motifs is 1. The first-order valence-corrected chi connectivity index (χ1v) is 8.89. The van der Waals surface area contributed by atoms with Gasteiger partial charge in [-0.05, 0) is 23.6 Å². The number of methoxy groups -OCH3 is 2. The lowest BCUT2D eigenvalue weighted by molar-refractivity contribution is -0.154. The Bertz CT molecular complexity index is 934. The van der Waals surface area contributed by atoms with Crippen LogP contribution in [0.1, 0.15) is 27.2 Å². The van der Waals surface area contributed by atoms with Crippen LogP contribution in [-0.4, -0.2) is 48.2 Å². The summed E-state index contributed by atoms with van der Waals surface area (Å²) in [6.07, 6.45) is 2.80. The molecule has 0 aliphatic rings. The highest BCUT2D eigenvalue weighted by molar-refractivity contribution is 6.09. The van der Waals surface area contributed by atoms with Crippen molar-refractivity contribution in [2.45, 2.75) is 27.2 Å². The van der Waals surface area contributed by atoms with Crippen molar-refractivity contribution in [3.05, 3.63) is 24.5 Å². The zero-order valence-electron chi connectivity index (χ0n) is 17.1. The minimum Gasteiger partial charge on any atom is -0.468 e. The summed E-state index contributed by atoms with van der Waals surface area (Å²) < 4.78 is 9.21. The Morgan fingerprint density at radius 3 is 2.38 bits per heavy atom. The van der Waals surface area contributed by atoms with E-state index in [1.807, 2.05) is 20.8 Å². The van der Waals surface area contributed by atoms with Gasteiger partial charge in [-0.1, -0.05) is 20.8 Å². The molecule has 9 nitrogen and oxygen atoms in total. The quantitative estimate of drug-likeness (QED) is 0.450. The Morgan fingerprint density at radius 1 is 1.14 bits per heavy atom.